The summed E-state index contributed by atoms with van der Waals surface area (Å²) >= 11 is 1.49. The Balaban J connectivity index is 1.12. The second-order valence-corrected chi connectivity index (χ2v) is 12.0. The van der Waals surface area contributed by atoms with Crippen molar-refractivity contribution >= 4 is 28.3 Å². The van der Waals surface area contributed by atoms with E-state index in [-0.39, 0.29) is 24.2 Å². The third kappa shape index (κ3) is 8.00. The molecule has 1 aliphatic heterocycles. The van der Waals surface area contributed by atoms with Crippen molar-refractivity contribution in [2.24, 2.45) is 5.73 Å². The van der Waals surface area contributed by atoms with Crippen LogP contribution in [0.5, 0.6) is 5.75 Å². The Morgan fingerprint density at radius 1 is 1.05 bits per heavy atom. The van der Waals surface area contributed by atoms with E-state index in [0.717, 1.165) is 45.8 Å². The Hall–Kier alpha value is -3.83. The monoisotopic (exact) mass is 616 g/mol. The summed E-state index contributed by atoms with van der Waals surface area (Å²) in [5, 5.41) is 3.58. The largest absolute Gasteiger partial charge is 0.491 e. The molecule has 9 nitrogen and oxygen atoms in total. The lowest BCUT2D eigenvalue weighted by molar-refractivity contribution is -0.115. The van der Waals surface area contributed by atoms with E-state index in [9.17, 15) is 9.59 Å². The number of benzene rings is 2. The third-order valence-electron chi connectivity index (χ3n) is 7.64. The van der Waals surface area contributed by atoms with E-state index < -0.39 is 0 Å². The number of hydrogen-bond donors (Lipinski definition) is 2. The number of thiazole rings is 1. The lowest BCUT2D eigenvalue weighted by Gasteiger charge is -2.23. The highest BCUT2D eigenvalue weighted by atomic mass is 32.1. The van der Waals surface area contributed by atoms with Gasteiger partial charge in [-0.2, -0.15) is 0 Å². The summed E-state index contributed by atoms with van der Waals surface area (Å²) < 4.78 is 16.5. The third-order valence-corrected chi connectivity index (χ3v) is 8.54. The van der Waals surface area contributed by atoms with Gasteiger partial charge in [-0.05, 0) is 61.6 Å². The molecule has 1 aromatic heterocycles. The van der Waals surface area contributed by atoms with Crippen LogP contribution in [0.15, 0.2) is 72.0 Å². The quantitative estimate of drug-likeness (QED) is 0.241. The second kappa shape index (κ2) is 15.3. The maximum absolute atomic E-state index is 13.3. The minimum atomic E-state index is -0.131. The zero-order valence-corrected chi connectivity index (χ0v) is 26.2. The van der Waals surface area contributed by atoms with Crippen molar-refractivity contribution in [2.75, 3.05) is 51.4 Å². The van der Waals surface area contributed by atoms with Crippen molar-refractivity contribution in [3.8, 4) is 5.75 Å². The molecule has 3 aromatic rings. The van der Waals surface area contributed by atoms with Crippen molar-refractivity contribution in [2.45, 2.75) is 39.0 Å². The van der Waals surface area contributed by atoms with Crippen LogP contribution in [-0.4, -0.2) is 67.8 Å². The molecule has 0 saturated carbocycles. The fourth-order valence-corrected chi connectivity index (χ4v) is 6.40. The number of anilines is 1. The number of hydrogen-bond acceptors (Lipinski definition) is 8. The molecule has 44 heavy (non-hydrogen) atoms. The smallest absolute Gasteiger partial charge is 0.258 e. The molecule has 2 amide bonds. The number of ether oxygens (including phenoxy) is 3. The first-order chi connectivity index (χ1) is 21.4. The maximum Gasteiger partial charge on any atom is 0.258 e. The lowest BCUT2D eigenvalue weighted by atomic mass is 9.91. The number of likely N-dealkylation sites (tertiary alicyclic amines) is 1. The Kier molecular flexibility index (Phi) is 11.0. The van der Waals surface area contributed by atoms with Crippen LogP contribution in [0.4, 0.5) is 5.13 Å². The molecule has 1 aliphatic carbocycles. The Bertz CT molecular complexity index is 1530. The summed E-state index contributed by atoms with van der Waals surface area (Å²) in [6.45, 7) is 7.57. The van der Waals surface area contributed by atoms with Crippen molar-refractivity contribution in [3.05, 3.63) is 99.2 Å². The molecule has 2 heterocycles. The van der Waals surface area contributed by atoms with E-state index in [1.54, 1.807) is 0 Å². The fraction of sp³-hybridized carbons (Fsp3) is 0.382. The molecular weight excluding hydrogens is 576 g/mol. The average molecular weight is 617 g/mol. The molecule has 0 bridgehead atoms. The number of amides is 2. The molecule has 1 unspecified atom stereocenters. The van der Waals surface area contributed by atoms with E-state index in [2.05, 4.69) is 17.5 Å². The Labute approximate surface area is 262 Å². The first-order valence-corrected chi connectivity index (χ1v) is 15.9. The second-order valence-electron chi connectivity index (χ2n) is 10.8. The van der Waals surface area contributed by atoms with Crippen LogP contribution in [0.25, 0.3) is 0 Å². The van der Waals surface area contributed by atoms with Gasteiger partial charge < -0.3 is 30.2 Å². The molecule has 3 N–H and O–H groups in total. The molecule has 0 radical (unpaired) electrons. The highest BCUT2D eigenvalue weighted by Crippen LogP contribution is 2.40. The predicted molar refractivity (Wildman–Crippen MR) is 172 cm³/mol. The van der Waals surface area contributed by atoms with Crippen molar-refractivity contribution < 1.29 is 23.8 Å². The minimum Gasteiger partial charge on any atom is -0.491 e. The number of fused-ring (bicyclic) bond motifs is 1. The summed E-state index contributed by atoms with van der Waals surface area (Å²) in [4.78, 5) is 34.0. The number of nitrogens with zero attached hydrogens (tertiary/aromatic N) is 2. The molecular formula is C34H40N4O5S. The number of allylic oxidation sites excluding steroid dienone is 3. The van der Waals surface area contributed by atoms with E-state index in [1.165, 1.54) is 16.9 Å². The standard InChI is InChI=1S/C34H40N4O5S/c1-23-6-3-4-9-29(23)33(40)38-14-12-26-22-27(10-11-30(26)38)32-24(2)44-34(37-32)36-31(39)21-25-7-5-8-28(20-25)43-19-18-42-17-16-41-15-13-35/h3-9,11,20,22,27H,10,12-19,21,35H2,1-2H3,(H,36,37,39). The zero-order valence-electron chi connectivity index (χ0n) is 25.3. The van der Waals surface area contributed by atoms with E-state index >= 15 is 0 Å². The SMILES string of the molecule is Cc1ccccc1C(=O)N1CCC2=CC(c3nc(NC(=O)Cc4cccc(OCCOCCOCCN)c4)sc3C)CC=C21. The Morgan fingerprint density at radius 2 is 1.84 bits per heavy atom. The first kappa shape index (κ1) is 31.6. The topological polar surface area (TPSA) is 116 Å². The van der Waals surface area contributed by atoms with Crippen LogP contribution in [0.3, 0.4) is 0 Å². The van der Waals surface area contributed by atoms with Crippen LogP contribution in [0.1, 0.15) is 50.8 Å². The summed E-state index contributed by atoms with van der Waals surface area (Å²) in [6, 6.07) is 15.2. The average Bonchev–Trinajstić information content (AvgIpc) is 3.61. The van der Waals surface area contributed by atoms with Crippen molar-refractivity contribution in [3.63, 3.8) is 0 Å². The number of nitrogens with one attached hydrogen (secondary N) is 1. The normalized spacial score (nSPS) is 15.9. The summed E-state index contributed by atoms with van der Waals surface area (Å²) in [7, 11) is 0. The number of aromatic nitrogens is 1. The van der Waals surface area contributed by atoms with E-state index in [1.807, 2.05) is 67.3 Å². The Morgan fingerprint density at radius 3 is 2.66 bits per heavy atom. The molecule has 2 aliphatic rings. The van der Waals surface area contributed by atoms with Gasteiger partial charge >= 0.3 is 0 Å². The van der Waals surface area contributed by atoms with Crippen LogP contribution < -0.4 is 15.8 Å². The summed E-state index contributed by atoms with van der Waals surface area (Å²) in [6.07, 6.45) is 6.21. The molecule has 5 rings (SSSR count). The molecule has 10 heteroatoms. The van der Waals surface area contributed by atoms with E-state index in [4.69, 9.17) is 24.9 Å². The molecule has 1 fully saturated rings. The highest BCUT2D eigenvalue weighted by Gasteiger charge is 2.32. The summed E-state index contributed by atoms with van der Waals surface area (Å²) in [5.41, 5.74) is 11.1. The summed E-state index contributed by atoms with van der Waals surface area (Å²) in [5.74, 6) is 0.723. The van der Waals surface area contributed by atoms with Gasteiger partial charge in [-0.1, -0.05) is 42.5 Å². The van der Waals surface area contributed by atoms with Gasteiger partial charge in [0.25, 0.3) is 5.91 Å². The zero-order chi connectivity index (χ0) is 30.9. The number of rotatable bonds is 14. The number of carbonyl (C=O) groups excluding carboxylic acids is 2. The van der Waals surface area contributed by atoms with Crippen molar-refractivity contribution in [1.82, 2.24) is 9.88 Å². The van der Waals surface area contributed by atoms with Crippen LogP contribution >= 0.6 is 11.3 Å². The van der Waals surface area contributed by atoms with Gasteiger partial charge in [0.15, 0.2) is 5.13 Å². The minimum absolute atomic E-state index is 0.0531. The van der Waals surface area contributed by atoms with Gasteiger partial charge in [0.1, 0.15) is 12.4 Å². The molecule has 1 saturated heterocycles. The molecule has 1 atom stereocenters. The first-order valence-electron chi connectivity index (χ1n) is 15.1. The molecule has 232 valence electrons. The molecule has 0 spiro atoms. The van der Waals surface area contributed by atoms with Gasteiger partial charge in [-0.25, -0.2) is 4.98 Å². The van der Waals surface area contributed by atoms with Crippen LogP contribution in [0, 0.1) is 13.8 Å². The number of aryl methyl sites for hydroxylation is 2. The van der Waals surface area contributed by atoms with Gasteiger partial charge in [-0.3, -0.25) is 9.59 Å². The van der Waals surface area contributed by atoms with Gasteiger partial charge in [0, 0.05) is 35.1 Å². The van der Waals surface area contributed by atoms with E-state index in [0.29, 0.717) is 57.0 Å². The van der Waals surface area contributed by atoms with Crippen LogP contribution in [0.2, 0.25) is 0 Å². The van der Waals surface area contributed by atoms with Crippen LogP contribution in [-0.2, 0) is 20.7 Å². The van der Waals surface area contributed by atoms with Gasteiger partial charge in [0.2, 0.25) is 5.91 Å². The van der Waals surface area contributed by atoms with Gasteiger partial charge in [-0.15, -0.1) is 11.3 Å². The maximum atomic E-state index is 13.3. The molecule has 2 aromatic carbocycles. The van der Waals surface area contributed by atoms with Gasteiger partial charge in [0.05, 0.1) is 38.5 Å². The van der Waals surface area contributed by atoms with Crippen molar-refractivity contribution in [1.29, 1.82) is 0 Å². The number of nitrogens with two attached hydrogens (primary N) is 1. The highest BCUT2D eigenvalue weighted by molar-refractivity contribution is 7.15. The number of carbonyl (C=O) groups is 2. The predicted octanol–water partition coefficient (Wildman–Crippen LogP) is 5.16. The lowest BCUT2D eigenvalue weighted by Crippen LogP contribution is -2.27. The fourth-order valence-electron chi connectivity index (χ4n) is 5.50.